The predicted molar refractivity (Wildman–Crippen MR) is 39.3 cm³/mol. The second kappa shape index (κ2) is 4.30. The van der Waals surface area contributed by atoms with E-state index in [0.29, 0.717) is 12.2 Å². The maximum atomic E-state index is 10.9. The van der Waals surface area contributed by atoms with Crippen molar-refractivity contribution in [3.63, 3.8) is 0 Å². The standard InChI is InChI=1S/C8H14O/c1-4-6-7(3)8(9)5-2/h4,7H,1,5-6H2,2-3H3. The molecule has 0 aromatic rings. The van der Waals surface area contributed by atoms with E-state index >= 15 is 0 Å². The molecule has 0 rings (SSSR count). The minimum absolute atomic E-state index is 0.174. The van der Waals surface area contributed by atoms with Gasteiger partial charge in [-0.2, -0.15) is 0 Å². The summed E-state index contributed by atoms with van der Waals surface area (Å²) in [6.07, 6.45) is 3.25. The van der Waals surface area contributed by atoms with E-state index in [1.165, 1.54) is 0 Å². The van der Waals surface area contributed by atoms with Crippen LogP contribution in [0.1, 0.15) is 26.7 Å². The second-order valence-electron chi connectivity index (χ2n) is 2.25. The molecule has 0 aromatic heterocycles. The normalized spacial score (nSPS) is 12.7. The van der Waals surface area contributed by atoms with Gasteiger partial charge in [-0.05, 0) is 6.42 Å². The molecule has 1 atom stereocenters. The number of Topliss-reactive ketones (excluding diaryl/α,β-unsaturated/α-hetero) is 1. The fourth-order valence-corrected chi connectivity index (χ4v) is 0.730. The summed E-state index contributed by atoms with van der Waals surface area (Å²) in [4.78, 5) is 10.9. The number of carbonyl (C=O) groups excluding carboxylic acids is 1. The fourth-order valence-electron chi connectivity index (χ4n) is 0.730. The first-order valence-electron chi connectivity index (χ1n) is 3.36. The van der Waals surface area contributed by atoms with Crippen LogP contribution in [-0.2, 0) is 4.79 Å². The lowest BCUT2D eigenvalue weighted by molar-refractivity contribution is -0.121. The smallest absolute Gasteiger partial charge is 0.135 e. The molecule has 0 N–H and O–H groups in total. The Labute approximate surface area is 56.8 Å². The van der Waals surface area contributed by atoms with Gasteiger partial charge in [-0.25, -0.2) is 0 Å². The summed E-state index contributed by atoms with van der Waals surface area (Å²) in [5, 5.41) is 0. The summed E-state index contributed by atoms with van der Waals surface area (Å²) in [6.45, 7) is 7.39. The van der Waals surface area contributed by atoms with Crippen LogP contribution in [0.2, 0.25) is 0 Å². The maximum Gasteiger partial charge on any atom is 0.135 e. The topological polar surface area (TPSA) is 17.1 Å². The lowest BCUT2D eigenvalue weighted by Gasteiger charge is -2.02. The van der Waals surface area contributed by atoms with Gasteiger partial charge < -0.3 is 0 Å². The van der Waals surface area contributed by atoms with Gasteiger partial charge in [0.05, 0.1) is 0 Å². The van der Waals surface area contributed by atoms with Crippen LogP contribution in [0.4, 0.5) is 0 Å². The molecule has 0 radical (unpaired) electrons. The van der Waals surface area contributed by atoms with Gasteiger partial charge in [-0.3, -0.25) is 4.79 Å². The van der Waals surface area contributed by atoms with Crippen molar-refractivity contribution in [2.24, 2.45) is 5.92 Å². The van der Waals surface area contributed by atoms with Crippen molar-refractivity contribution >= 4 is 5.78 Å². The average Bonchev–Trinajstić information content (AvgIpc) is 1.87. The van der Waals surface area contributed by atoms with Crippen LogP contribution >= 0.6 is 0 Å². The molecule has 0 aliphatic rings. The average molecular weight is 126 g/mol. The van der Waals surface area contributed by atoms with Gasteiger partial charge in [0.2, 0.25) is 0 Å². The fraction of sp³-hybridized carbons (Fsp3) is 0.625. The van der Waals surface area contributed by atoms with Crippen molar-refractivity contribution in [1.29, 1.82) is 0 Å². The third-order valence-electron chi connectivity index (χ3n) is 1.42. The lowest BCUT2D eigenvalue weighted by Crippen LogP contribution is -2.07. The first-order chi connectivity index (χ1) is 4.22. The molecule has 0 saturated carbocycles. The van der Waals surface area contributed by atoms with E-state index in [1.54, 1.807) is 6.08 Å². The number of rotatable bonds is 4. The molecule has 0 amide bonds. The van der Waals surface area contributed by atoms with Crippen molar-refractivity contribution in [3.05, 3.63) is 12.7 Å². The van der Waals surface area contributed by atoms with Crippen LogP contribution in [0.25, 0.3) is 0 Å². The van der Waals surface area contributed by atoms with Gasteiger partial charge in [0.15, 0.2) is 0 Å². The zero-order valence-electron chi connectivity index (χ0n) is 6.18. The number of hydrogen-bond acceptors (Lipinski definition) is 1. The molecule has 0 heterocycles. The molecule has 0 aliphatic heterocycles. The zero-order chi connectivity index (χ0) is 7.28. The molecule has 1 heteroatoms. The van der Waals surface area contributed by atoms with E-state index in [0.717, 1.165) is 6.42 Å². The molecule has 52 valence electrons. The predicted octanol–water partition coefficient (Wildman–Crippen LogP) is 2.18. The van der Waals surface area contributed by atoms with Crippen LogP contribution in [0.3, 0.4) is 0 Å². The van der Waals surface area contributed by atoms with Crippen molar-refractivity contribution in [3.8, 4) is 0 Å². The van der Waals surface area contributed by atoms with Crippen LogP contribution in [0.15, 0.2) is 12.7 Å². The van der Waals surface area contributed by atoms with E-state index in [9.17, 15) is 4.79 Å². The first-order valence-corrected chi connectivity index (χ1v) is 3.36. The Morgan fingerprint density at radius 3 is 2.67 bits per heavy atom. The Kier molecular flexibility index (Phi) is 4.02. The van der Waals surface area contributed by atoms with Crippen LogP contribution in [0, 0.1) is 5.92 Å². The second-order valence-corrected chi connectivity index (χ2v) is 2.25. The van der Waals surface area contributed by atoms with E-state index in [1.807, 2.05) is 13.8 Å². The molecular formula is C8H14O. The summed E-state index contributed by atoms with van der Waals surface area (Å²) in [6, 6.07) is 0. The SMILES string of the molecule is C=CCC(C)C(=O)CC. The molecule has 1 nitrogen and oxygen atoms in total. The lowest BCUT2D eigenvalue weighted by atomic mass is 10.0. The van der Waals surface area contributed by atoms with Gasteiger partial charge in [0, 0.05) is 12.3 Å². The highest BCUT2D eigenvalue weighted by Crippen LogP contribution is 2.05. The van der Waals surface area contributed by atoms with Crippen LogP contribution in [-0.4, -0.2) is 5.78 Å². The highest BCUT2D eigenvalue weighted by atomic mass is 16.1. The number of carbonyl (C=O) groups is 1. The van der Waals surface area contributed by atoms with Crippen LogP contribution in [0.5, 0.6) is 0 Å². The van der Waals surface area contributed by atoms with E-state index in [-0.39, 0.29) is 5.92 Å². The van der Waals surface area contributed by atoms with Gasteiger partial charge in [-0.15, -0.1) is 6.58 Å². The molecule has 0 fully saturated rings. The molecule has 0 spiro atoms. The Morgan fingerprint density at radius 1 is 1.78 bits per heavy atom. The highest BCUT2D eigenvalue weighted by molar-refractivity contribution is 5.80. The van der Waals surface area contributed by atoms with E-state index in [2.05, 4.69) is 6.58 Å². The van der Waals surface area contributed by atoms with Gasteiger partial charge in [-0.1, -0.05) is 19.9 Å². The van der Waals surface area contributed by atoms with Crippen LogP contribution < -0.4 is 0 Å². The maximum absolute atomic E-state index is 10.9. The summed E-state index contributed by atoms with van der Waals surface area (Å²) >= 11 is 0. The van der Waals surface area contributed by atoms with Crippen molar-refractivity contribution < 1.29 is 4.79 Å². The minimum Gasteiger partial charge on any atom is -0.299 e. The summed E-state index contributed by atoms with van der Waals surface area (Å²) in [7, 11) is 0. The molecular weight excluding hydrogens is 112 g/mol. The molecule has 0 saturated heterocycles. The molecule has 1 unspecified atom stereocenters. The summed E-state index contributed by atoms with van der Waals surface area (Å²) < 4.78 is 0. The molecule has 0 bridgehead atoms. The van der Waals surface area contributed by atoms with Gasteiger partial charge >= 0.3 is 0 Å². The molecule has 9 heavy (non-hydrogen) atoms. The van der Waals surface area contributed by atoms with Gasteiger partial charge in [0.1, 0.15) is 5.78 Å². The minimum atomic E-state index is 0.174. The monoisotopic (exact) mass is 126 g/mol. The third-order valence-corrected chi connectivity index (χ3v) is 1.42. The number of allylic oxidation sites excluding steroid dienone is 1. The molecule has 0 aromatic carbocycles. The highest BCUT2D eigenvalue weighted by Gasteiger charge is 2.06. The van der Waals surface area contributed by atoms with E-state index < -0.39 is 0 Å². The Bertz CT molecular complexity index is 105. The quantitative estimate of drug-likeness (QED) is 0.528. The molecule has 0 aliphatic carbocycles. The van der Waals surface area contributed by atoms with Crippen molar-refractivity contribution in [2.45, 2.75) is 26.7 Å². The van der Waals surface area contributed by atoms with Gasteiger partial charge in [0.25, 0.3) is 0 Å². The third kappa shape index (κ3) is 3.07. The number of hydrogen-bond donors (Lipinski definition) is 0. The Balaban J connectivity index is 3.58. The Morgan fingerprint density at radius 2 is 2.33 bits per heavy atom. The Hall–Kier alpha value is -0.590. The first kappa shape index (κ1) is 8.41. The number of ketones is 1. The largest absolute Gasteiger partial charge is 0.299 e. The zero-order valence-corrected chi connectivity index (χ0v) is 6.18. The van der Waals surface area contributed by atoms with Crippen molar-refractivity contribution in [2.75, 3.05) is 0 Å². The summed E-state index contributed by atoms with van der Waals surface area (Å²) in [5.74, 6) is 0.502. The summed E-state index contributed by atoms with van der Waals surface area (Å²) in [5.41, 5.74) is 0. The van der Waals surface area contributed by atoms with E-state index in [4.69, 9.17) is 0 Å². The van der Waals surface area contributed by atoms with Crippen molar-refractivity contribution in [1.82, 2.24) is 0 Å².